The molecule has 0 radical (unpaired) electrons. The summed E-state index contributed by atoms with van der Waals surface area (Å²) in [5.74, 6) is 7.87. The van der Waals surface area contributed by atoms with Gasteiger partial charge in [-0.05, 0) is 25.2 Å². The van der Waals surface area contributed by atoms with Crippen molar-refractivity contribution in [2.45, 2.75) is 75.5 Å². The van der Waals surface area contributed by atoms with E-state index < -0.39 is 0 Å². The molecule has 0 aromatic rings. The third-order valence-electron chi connectivity index (χ3n) is 4.41. The molecule has 3 heteroatoms. The molecule has 0 saturated heterocycles. The lowest BCUT2D eigenvalue weighted by molar-refractivity contribution is 0.414. The van der Waals surface area contributed by atoms with Crippen LogP contribution in [0.1, 0.15) is 64.2 Å². The third kappa shape index (κ3) is 4.80. The van der Waals surface area contributed by atoms with E-state index in [2.05, 4.69) is 17.2 Å². The van der Waals surface area contributed by atoms with Crippen LogP contribution in [0.15, 0.2) is 0 Å². The Hall–Kier alpha value is 0.270. The molecule has 0 aliphatic heterocycles. The first-order valence-electron chi connectivity index (χ1n) is 7.46. The largest absolute Gasteiger partial charge is 0.271 e. The summed E-state index contributed by atoms with van der Waals surface area (Å²) in [7, 11) is 0. The van der Waals surface area contributed by atoms with Crippen molar-refractivity contribution < 1.29 is 0 Å². The van der Waals surface area contributed by atoms with Crippen LogP contribution in [0.5, 0.6) is 0 Å². The molecule has 0 aromatic heterocycles. The molecule has 2 fully saturated rings. The molecule has 0 aromatic carbocycles. The molecular formula is C14H28N2S. The SMILES string of the molecule is NNC(CSC1CCCCC1)CC1CCCC1. The van der Waals surface area contributed by atoms with E-state index in [1.54, 1.807) is 0 Å². The number of hydrogen-bond donors (Lipinski definition) is 2. The highest BCUT2D eigenvalue weighted by Gasteiger charge is 2.21. The van der Waals surface area contributed by atoms with Crippen LogP contribution in [-0.2, 0) is 0 Å². The molecule has 0 spiro atoms. The van der Waals surface area contributed by atoms with E-state index in [4.69, 9.17) is 5.84 Å². The molecule has 2 saturated carbocycles. The summed E-state index contributed by atoms with van der Waals surface area (Å²) < 4.78 is 0. The number of hydrazine groups is 1. The summed E-state index contributed by atoms with van der Waals surface area (Å²) in [6, 6.07) is 0.546. The predicted octanol–water partition coefficient (Wildman–Crippen LogP) is 3.46. The number of nitrogens with one attached hydrogen (secondary N) is 1. The fourth-order valence-electron chi connectivity index (χ4n) is 3.32. The molecule has 2 aliphatic rings. The van der Waals surface area contributed by atoms with Gasteiger partial charge in [-0.1, -0.05) is 44.9 Å². The quantitative estimate of drug-likeness (QED) is 0.564. The van der Waals surface area contributed by atoms with Crippen LogP contribution < -0.4 is 11.3 Å². The zero-order valence-corrected chi connectivity index (χ0v) is 11.8. The Morgan fingerprint density at radius 1 is 1.00 bits per heavy atom. The van der Waals surface area contributed by atoms with E-state index in [1.807, 2.05) is 0 Å². The average molecular weight is 256 g/mol. The fourth-order valence-corrected chi connectivity index (χ4v) is 4.72. The first-order chi connectivity index (χ1) is 8.38. The van der Waals surface area contributed by atoms with Crippen LogP contribution in [0.4, 0.5) is 0 Å². The minimum atomic E-state index is 0.546. The van der Waals surface area contributed by atoms with Crippen molar-refractivity contribution in [2.75, 3.05) is 5.75 Å². The molecule has 17 heavy (non-hydrogen) atoms. The second-order valence-corrected chi connectivity index (χ2v) is 7.18. The molecule has 3 N–H and O–H groups in total. The predicted molar refractivity (Wildman–Crippen MR) is 77.0 cm³/mol. The molecule has 2 aliphatic carbocycles. The van der Waals surface area contributed by atoms with Crippen molar-refractivity contribution in [3.05, 3.63) is 0 Å². The summed E-state index contributed by atoms with van der Waals surface area (Å²) in [4.78, 5) is 0. The van der Waals surface area contributed by atoms with Gasteiger partial charge in [-0.15, -0.1) is 0 Å². The lowest BCUT2D eigenvalue weighted by Gasteiger charge is -2.25. The van der Waals surface area contributed by atoms with E-state index in [0.29, 0.717) is 6.04 Å². The van der Waals surface area contributed by atoms with Crippen LogP contribution in [0.3, 0.4) is 0 Å². The van der Waals surface area contributed by atoms with Crippen LogP contribution in [-0.4, -0.2) is 17.0 Å². The number of thioether (sulfide) groups is 1. The number of rotatable bonds is 6. The highest BCUT2D eigenvalue weighted by Crippen LogP contribution is 2.32. The molecule has 2 rings (SSSR count). The van der Waals surface area contributed by atoms with Crippen molar-refractivity contribution in [1.82, 2.24) is 5.43 Å². The third-order valence-corrected chi connectivity index (χ3v) is 5.95. The molecule has 0 heterocycles. The maximum Gasteiger partial charge on any atom is 0.0303 e. The summed E-state index contributed by atoms with van der Waals surface area (Å²) >= 11 is 2.17. The van der Waals surface area contributed by atoms with E-state index >= 15 is 0 Å². The van der Waals surface area contributed by atoms with Gasteiger partial charge in [0, 0.05) is 17.0 Å². The molecule has 0 bridgehead atoms. The van der Waals surface area contributed by atoms with Crippen molar-refractivity contribution in [1.29, 1.82) is 0 Å². The Morgan fingerprint density at radius 2 is 1.65 bits per heavy atom. The van der Waals surface area contributed by atoms with Gasteiger partial charge in [0.1, 0.15) is 0 Å². The smallest absolute Gasteiger partial charge is 0.0303 e. The second-order valence-electron chi connectivity index (χ2n) is 5.84. The maximum atomic E-state index is 5.70. The van der Waals surface area contributed by atoms with Gasteiger partial charge in [-0.25, -0.2) is 0 Å². The molecule has 0 amide bonds. The Bertz CT molecular complexity index is 198. The summed E-state index contributed by atoms with van der Waals surface area (Å²) in [5, 5.41) is 0.920. The van der Waals surface area contributed by atoms with E-state index in [-0.39, 0.29) is 0 Å². The Labute approximate surface area is 110 Å². The van der Waals surface area contributed by atoms with Gasteiger partial charge in [0.2, 0.25) is 0 Å². The van der Waals surface area contributed by atoms with Crippen molar-refractivity contribution in [3.63, 3.8) is 0 Å². The molecule has 1 unspecified atom stereocenters. The van der Waals surface area contributed by atoms with Crippen LogP contribution in [0.2, 0.25) is 0 Å². The first kappa shape index (κ1) is 13.7. The molecule has 1 atom stereocenters. The van der Waals surface area contributed by atoms with Gasteiger partial charge in [0.15, 0.2) is 0 Å². The van der Waals surface area contributed by atoms with Gasteiger partial charge in [-0.3, -0.25) is 11.3 Å². The lowest BCUT2D eigenvalue weighted by Crippen LogP contribution is -2.38. The topological polar surface area (TPSA) is 38.0 Å². The Morgan fingerprint density at radius 3 is 2.29 bits per heavy atom. The van der Waals surface area contributed by atoms with Gasteiger partial charge in [-0.2, -0.15) is 11.8 Å². The van der Waals surface area contributed by atoms with Crippen molar-refractivity contribution >= 4 is 11.8 Å². The summed E-state index contributed by atoms with van der Waals surface area (Å²) in [6.07, 6.45) is 14.3. The van der Waals surface area contributed by atoms with Gasteiger partial charge in [0.05, 0.1) is 0 Å². The number of nitrogens with two attached hydrogens (primary N) is 1. The van der Waals surface area contributed by atoms with Crippen molar-refractivity contribution in [2.24, 2.45) is 11.8 Å². The zero-order chi connectivity index (χ0) is 11.9. The van der Waals surface area contributed by atoms with E-state index in [9.17, 15) is 0 Å². The summed E-state index contributed by atoms with van der Waals surface area (Å²) in [6.45, 7) is 0. The minimum Gasteiger partial charge on any atom is -0.271 e. The van der Waals surface area contributed by atoms with Gasteiger partial charge in [0.25, 0.3) is 0 Å². The van der Waals surface area contributed by atoms with Gasteiger partial charge < -0.3 is 0 Å². The first-order valence-corrected chi connectivity index (χ1v) is 8.51. The van der Waals surface area contributed by atoms with E-state index in [1.165, 1.54) is 70.0 Å². The standard InChI is InChI=1S/C14H28N2S/c15-16-13(10-12-6-4-5-7-12)11-17-14-8-2-1-3-9-14/h12-14,16H,1-11,15H2. The highest BCUT2D eigenvalue weighted by molar-refractivity contribution is 7.99. The van der Waals surface area contributed by atoms with Crippen LogP contribution in [0, 0.1) is 5.92 Å². The monoisotopic (exact) mass is 256 g/mol. The Kier molecular flexibility index (Phi) is 6.16. The summed E-state index contributed by atoms with van der Waals surface area (Å²) in [5.41, 5.74) is 3.05. The molecular weight excluding hydrogens is 228 g/mol. The zero-order valence-electron chi connectivity index (χ0n) is 11.0. The van der Waals surface area contributed by atoms with Crippen molar-refractivity contribution in [3.8, 4) is 0 Å². The maximum absolute atomic E-state index is 5.70. The van der Waals surface area contributed by atoms with Gasteiger partial charge >= 0.3 is 0 Å². The van der Waals surface area contributed by atoms with Crippen LogP contribution in [0.25, 0.3) is 0 Å². The highest BCUT2D eigenvalue weighted by atomic mass is 32.2. The average Bonchev–Trinajstić information content (AvgIpc) is 2.88. The normalized spacial score (nSPS) is 25.2. The minimum absolute atomic E-state index is 0.546. The Balaban J connectivity index is 1.63. The second kappa shape index (κ2) is 7.65. The molecule has 2 nitrogen and oxygen atoms in total. The van der Waals surface area contributed by atoms with E-state index in [0.717, 1.165) is 11.2 Å². The van der Waals surface area contributed by atoms with Crippen LogP contribution >= 0.6 is 11.8 Å². The molecule has 100 valence electrons. The lowest BCUT2D eigenvalue weighted by atomic mass is 10.00. The number of hydrogen-bond acceptors (Lipinski definition) is 3. The fraction of sp³-hybridized carbons (Fsp3) is 1.00.